The van der Waals surface area contributed by atoms with Gasteiger partial charge in [-0.05, 0) is 43.5 Å². The summed E-state index contributed by atoms with van der Waals surface area (Å²) >= 11 is 0. The zero-order valence-corrected chi connectivity index (χ0v) is 21.1. The van der Waals surface area contributed by atoms with Crippen LogP contribution in [0.2, 0.25) is 0 Å². The molecule has 1 aromatic heterocycles. The number of benzene rings is 3. The summed E-state index contributed by atoms with van der Waals surface area (Å²) in [6.45, 7) is 5.33. The van der Waals surface area contributed by atoms with Gasteiger partial charge in [-0.2, -0.15) is 0 Å². The van der Waals surface area contributed by atoms with Gasteiger partial charge in [0.1, 0.15) is 12.4 Å². The number of fused-ring (bicyclic) bond motifs is 1. The molecule has 0 fully saturated rings. The lowest BCUT2D eigenvalue weighted by Gasteiger charge is -2.27. The Labute approximate surface area is 213 Å². The second-order valence-corrected chi connectivity index (χ2v) is 9.29. The molecule has 186 valence electrons. The second-order valence-electron chi connectivity index (χ2n) is 9.29. The highest BCUT2D eigenvalue weighted by atomic mass is 16.2. The number of aryl methyl sites for hydroxylation is 1. The molecule has 0 atom stereocenters. The highest BCUT2D eigenvalue weighted by Crippen LogP contribution is 2.18. The molecule has 0 saturated heterocycles. The van der Waals surface area contributed by atoms with Crippen molar-refractivity contribution >= 4 is 22.8 Å². The monoisotopic (exact) mass is 482 g/mol. The summed E-state index contributed by atoms with van der Waals surface area (Å²) in [7, 11) is 0. The number of rotatable bonds is 11. The number of carbonyl (C=O) groups excluding carboxylic acids is 2. The van der Waals surface area contributed by atoms with Crippen molar-refractivity contribution in [1.82, 2.24) is 19.8 Å². The Morgan fingerprint density at radius 3 is 2.19 bits per heavy atom. The van der Waals surface area contributed by atoms with Gasteiger partial charge in [-0.3, -0.25) is 9.59 Å². The Morgan fingerprint density at radius 1 is 0.861 bits per heavy atom. The van der Waals surface area contributed by atoms with Crippen LogP contribution in [-0.2, 0) is 35.5 Å². The largest absolute Gasteiger partial charge is 0.356 e. The number of aromatic nitrogens is 2. The molecule has 6 heteroatoms. The van der Waals surface area contributed by atoms with Gasteiger partial charge in [0.05, 0.1) is 11.0 Å². The van der Waals surface area contributed by atoms with Crippen LogP contribution in [0.15, 0.2) is 84.9 Å². The van der Waals surface area contributed by atoms with Crippen LogP contribution in [-0.4, -0.2) is 38.9 Å². The Hall–Kier alpha value is -3.93. The molecule has 36 heavy (non-hydrogen) atoms. The van der Waals surface area contributed by atoms with Gasteiger partial charge in [-0.1, -0.05) is 72.8 Å². The zero-order valence-electron chi connectivity index (χ0n) is 21.1. The van der Waals surface area contributed by atoms with Crippen molar-refractivity contribution in [2.75, 3.05) is 6.54 Å². The molecule has 1 heterocycles. The van der Waals surface area contributed by atoms with Crippen molar-refractivity contribution in [3.63, 3.8) is 0 Å². The summed E-state index contributed by atoms with van der Waals surface area (Å²) in [5, 5.41) is 3.01. The van der Waals surface area contributed by atoms with Crippen LogP contribution in [0.1, 0.15) is 37.2 Å². The summed E-state index contributed by atoms with van der Waals surface area (Å²) in [6.07, 6.45) is 1.72. The van der Waals surface area contributed by atoms with Crippen molar-refractivity contribution in [1.29, 1.82) is 0 Å². The standard InChI is InChI=1S/C30H34N4O2/c1-23(2)33(21-25-13-7-4-8-14-25)30(36)22-34-27-16-10-9-15-26(27)32-28(34)19-20-31-29(35)18-17-24-11-5-3-6-12-24/h3-16,23H,17-22H2,1-2H3,(H,31,35). The van der Waals surface area contributed by atoms with Gasteiger partial charge >= 0.3 is 0 Å². The molecule has 2 amide bonds. The number of para-hydroxylation sites is 2. The minimum atomic E-state index is 0.0198. The first-order valence-electron chi connectivity index (χ1n) is 12.6. The maximum Gasteiger partial charge on any atom is 0.243 e. The van der Waals surface area contributed by atoms with Crippen LogP contribution < -0.4 is 5.32 Å². The van der Waals surface area contributed by atoms with Crippen LogP contribution in [0.25, 0.3) is 11.0 Å². The van der Waals surface area contributed by atoms with E-state index >= 15 is 0 Å². The molecule has 0 saturated carbocycles. The number of nitrogens with one attached hydrogen (secondary N) is 1. The highest BCUT2D eigenvalue weighted by Gasteiger charge is 2.21. The average Bonchev–Trinajstić information content (AvgIpc) is 3.24. The number of hydrogen-bond donors (Lipinski definition) is 1. The van der Waals surface area contributed by atoms with E-state index in [9.17, 15) is 9.59 Å². The first kappa shape index (κ1) is 25.2. The van der Waals surface area contributed by atoms with Crippen LogP contribution in [0, 0.1) is 0 Å². The average molecular weight is 483 g/mol. The lowest BCUT2D eigenvalue weighted by atomic mass is 10.1. The van der Waals surface area contributed by atoms with Gasteiger partial charge in [0.25, 0.3) is 0 Å². The van der Waals surface area contributed by atoms with Gasteiger partial charge in [0.2, 0.25) is 11.8 Å². The van der Waals surface area contributed by atoms with Crippen LogP contribution in [0.3, 0.4) is 0 Å². The Balaban J connectivity index is 1.42. The number of nitrogens with zero attached hydrogens (tertiary/aromatic N) is 3. The molecule has 0 radical (unpaired) electrons. The van der Waals surface area contributed by atoms with E-state index in [0.717, 1.165) is 28.0 Å². The molecular weight excluding hydrogens is 448 g/mol. The Morgan fingerprint density at radius 2 is 1.50 bits per heavy atom. The van der Waals surface area contributed by atoms with E-state index < -0.39 is 0 Å². The summed E-state index contributed by atoms with van der Waals surface area (Å²) in [4.78, 5) is 32.5. The maximum absolute atomic E-state index is 13.5. The molecule has 3 aromatic carbocycles. The molecular formula is C30H34N4O2. The van der Waals surface area contributed by atoms with E-state index in [1.165, 1.54) is 0 Å². The van der Waals surface area contributed by atoms with Gasteiger partial charge in [-0.25, -0.2) is 4.98 Å². The molecule has 0 aliphatic heterocycles. The number of amides is 2. The predicted molar refractivity (Wildman–Crippen MR) is 143 cm³/mol. The third-order valence-electron chi connectivity index (χ3n) is 6.32. The van der Waals surface area contributed by atoms with Gasteiger partial charge in [0.15, 0.2) is 0 Å². The normalized spacial score (nSPS) is 11.1. The number of carbonyl (C=O) groups is 2. The fraction of sp³-hybridized carbons (Fsp3) is 0.300. The van der Waals surface area contributed by atoms with E-state index in [0.29, 0.717) is 32.4 Å². The second kappa shape index (κ2) is 12.2. The first-order valence-corrected chi connectivity index (χ1v) is 12.6. The summed E-state index contributed by atoms with van der Waals surface area (Å²) in [5.41, 5.74) is 4.04. The van der Waals surface area contributed by atoms with Crippen LogP contribution >= 0.6 is 0 Å². The molecule has 0 unspecified atom stereocenters. The molecule has 1 N–H and O–H groups in total. The number of hydrogen-bond acceptors (Lipinski definition) is 3. The fourth-order valence-corrected chi connectivity index (χ4v) is 4.36. The van der Waals surface area contributed by atoms with E-state index in [-0.39, 0.29) is 24.4 Å². The minimum Gasteiger partial charge on any atom is -0.356 e. The molecule has 4 rings (SSSR count). The zero-order chi connectivity index (χ0) is 25.3. The fourth-order valence-electron chi connectivity index (χ4n) is 4.36. The summed E-state index contributed by atoms with van der Waals surface area (Å²) in [5.74, 6) is 0.868. The molecule has 0 spiro atoms. The van der Waals surface area contributed by atoms with Gasteiger partial charge < -0.3 is 14.8 Å². The van der Waals surface area contributed by atoms with Crippen molar-refractivity contribution in [2.24, 2.45) is 0 Å². The van der Waals surface area contributed by atoms with Gasteiger partial charge in [-0.15, -0.1) is 0 Å². The predicted octanol–water partition coefficient (Wildman–Crippen LogP) is 4.77. The quantitative estimate of drug-likeness (QED) is 0.335. The lowest BCUT2D eigenvalue weighted by Crippen LogP contribution is -2.39. The summed E-state index contributed by atoms with van der Waals surface area (Å²) in [6, 6.07) is 28.0. The first-order chi connectivity index (χ1) is 17.5. The van der Waals surface area contributed by atoms with Crippen LogP contribution in [0.5, 0.6) is 0 Å². The van der Waals surface area contributed by atoms with E-state index in [1.54, 1.807) is 0 Å². The Bertz CT molecular complexity index is 1280. The Kier molecular flexibility index (Phi) is 8.50. The van der Waals surface area contributed by atoms with Crippen molar-refractivity contribution in [2.45, 2.75) is 52.2 Å². The van der Waals surface area contributed by atoms with E-state index in [1.807, 2.05) is 108 Å². The van der Waals surface area contributed by atoms with Crippen molar-refractivity contribution in [3.05, 3.63) is 102 Å². The van der Waals surface area contributed by atoms with Gasteiger partial charge in [0, 0.05) is 32.0 Å². The summed E-state index contributed by atoms with van der Waals surface area (Å²) < 4.78 is 1.99. The molecule has 0 aliphatic rings. The van der Waals surface area contributed by atoms with Crippen molar-refractivity contribution < 1.29 is 9.59 Å². The highest BCUT2D eigenvalue weighted by molar-refractivity contribution is 5.81. The van der Waals surface area contributed by atoms with E-state index in [2.05, 4.69) is 5.32 Å². The molecule has 0 bridgehead atoms. The topological polar surface area (TPSA) is 67.2 Å². The van der Waals surface area contributed by atoms with Crippen LogP contribution in [0.4, 0.5) is 0 Å². The molecule has 6 nitrogen and oxygen atoms in total. The van der Waals surface area contributed by atoms with E-state index in [4.69, 9.17) is 4.98 Å². The molecule has 4 aromatic rings. The minimum absolute atomic E-state index is 0.0198. The maximum atomic E-state index is 13.5. The SMILES string of the molecule is CC(C)N(Cc1ccccc1)C(=O)Cn1c(CCNC(=O)CCc2ccccc2)nc2ccccc21. The third-order valence-corrected chi connectivity index (χ3v) is 6.32. The van der Waals surface area contributed by atoms with Crippen molar-refractivity contribution in [3.8, 4) is 0 Å². The lowest BCUT2D eigenvalue weighted by molar-refractivity contribution is -0.134. The third kappa shape index (κ3) is 6.60. The molecule has 0 aliphatic carbocycles. The number of imidazole rings is 1. The smallest absolute Gasteiger partial charge is 0.243 e.